The van der Waals surface area contributed by atoms with Gasteiger partial charge in [-0.05, 0) is 32.9 Å². The van der Waals surface area contributed by atoms with Crippen LogP contribution in [0.1, 0.15) is 25.0 Å². The molecule has 3 N–H and O–H groups in total. The van der Waals surface area contributed by atoms with E-state index in [2.05, 4.69) is 4.90 Å². The second-order valence-corrected chi connectivity index (χ2v) is 4.78. The number of hydrogen-bond acceptors (Lipinski definition) is 3. The van der Waals surface area contributed by atoms with Crippen LogP contribution in [0.3, 0.4) is 0 Å². The maximum atomic E-state index is 7.63. The van der Waals surface area contributed by atoms with E-state index in [1.54, 1.807) is 0 Å². The third kappa shape index (κ3) is 4.04. The first-order valence-corrected chi connectivity index (χ1v) is 6.19. The second-order valence-electron chi connectivity index (χ2n) is 4.78. The first kappa shape index (κ1) is 14.5. The van der Waals surface area contributed by atoms with Crippen molar-refractivity contribution in [1.82, 2.24) is 0 Å². The normalized spacial score (nSPS) is 10.7. The van der Waals surface area contributed by atoms with Gasteiger partial charge < -0.3 is 15.4 Å². The number of aryl methyl sites for hydroxylation is 1. The molecule has 1 rings (SSSR count). The van der Waals surface area contributed by atoms with Crippen LogP contribution < -0.4 is 10.6 Å². The lowest BCUT2D eigenvalue weighted by molar-refractivity contribution is 0.0846. The maximum Gasteiger partial charge on any atom is 0.124 e. The van der Waals surface area contributed by atoms with E-state index in [4.69, 9.17) is 15.9 Å². The zero-order valence-corrected chi connectivity index (χ0v) is 11.7. The number of nitrogens with two attached hydrogens (primary N) is 1. The van der Waals surface area contributed by atoms with E-state index in [-0.39, 0.29) is 11.9 Å². The molecule has 0 aliphatic heterocycles. The summed E-state index contributed by atoms with van der Waals surface area (Å²) in [4.78, 5) is 2.07. The second kappa shape index (κ2) is 6.40. The van der Waals surface area contributed by atoms with E-state index < -0.39 is 0 Å². The average Bonchev–Trinajstić information content (AvgIpc) is 2.28. The molecule has 1 aromatic carbocycles. The molecule has 100 valence electrons. The summed E-state index contributed by atoms with van der Waals surface area (Å²) in [5.74, 6) is 0.102. The van der Waals surface area contributed by atoms with Gasteiger partial charge in [0.05, 0.1) is 12.7 Å². The summed E-state index contributed by atoms with van der Waals surface area (Å²) in [6.07, 6.45) is 0.240. The summed E-state index contributed by atoms with van der Waals surface area (Å²) in [5.41, 5.74) is 8.48. The van der Waals surface area contributed by atoms with Crippen LogP contribution >= 0.6 is 0 Å². The number of hydrogen-bond donors (Lipinski definition) is 2. The first-order chi connectivity index (χ1) is 8.41. The van der Waals surface area contributed by atoms with Crippen molar-refractivity contribution >= 4 is 11.5 Å². The van der Waals surface area contributed by atoms with Crippen molar-refractivity contribution in [2.24, 2.45) is 5.73 Å². The Labute approximate surface area is 109 Å². The van der Waals surface area contributed by atoms with Gasteiger partial charge in [-0.15, -0.1) is 0 Å². The first-order valence-electron chi connectivity index (χ1n) is 6.19. The predicted octanol–water partition coefficient (Wildman–Crippen LogP) is 2.14. The molecule has 0 saturated carbocycles. The van der Waals surface area contributed by atoms with Gasteiger partial charge in [-0.1, -0.05) is 11.6 Å². The Kier molecular flexibility index (Phi) is 5.16. The van der Waals surface area contributed by atoms with Gasteiger partial charge in [0.1, 0.15) is 5.84 Å². The molecule has 0 fully saturated rings. The Morgan fingerprint density at radius 1 is 1.44 bits per heavy atom. The van der Waals surface area contributed by atoms with Gasteiger partial charge in [0.2, 0.25) is 0 Å². The highest BCUT2D eigenvalue weighted by Gasteiger charge is 2.10. The third-order valence-electron chi connectivity index (χ3n) is 2.73. The largest absolute Gasteiger partial charge is 0.384 e. The zero-order chi connectivity index (χ0) is 13.7. The average molecular weight is 249 g/mol. The monoisotopic (exact) mass is 249 g/mol. The Morgan fingerprint density at radius 2 is 2.11 bits per heavy atom. The van der Waals surface area contributed by atoms with Crippen LogP contribution in [0.25, 0.3) is 0 Å². The molecule has 18 heavy (non-hydrogen) atoms. The van der Waals surface area contributed by atoms with Crippen LogP contribution in [0, 0.1) is 12.3 Å². The van der Waals surface area contributed by atoms with Gasteiger partial charge >= 0.3 is 0 Å². The van der Waals surface area contributed by atoms with Crippen molar-refractivity contribution in [3.63, 3.8) is 0 Å². The number of anilines is 1. The Balaban J connectivity index is 2.78. The highest BCUT2D eigenvalue weighted by Crippen LogP contribution is 2.20. The van der Waals surface area contributed by atoms with Crippen LogP contribution in [0.2, 0.25) is 0 Å². The van der Waals surface area contributed by atoms with E-state index in [9.17, 15) is 0 Å². The van der Waals surface area contributed by atoms with E-state index in [1.807, 2.05) is 46.0 Å². The quantitative estimate of drug-likeness (QED) is 0.600. The molecular weight excluding hydrogens is 226 g/mol. The summed E-state index contributed by atoms with van der Waals surface area (Å²) in [5, 5.41) is 7.63. The van der Waals surface area contributed by atoms with E-state index in [1.165, 1.54) is 0 Å². The maximum absolute atomic E-state index is 7.63. The highest BCUT2D eigenvalue weighted by atomic mass is 16.5. The molecule has 0 radical (unpaired) electrons. The van der Waals surface area contributed by atoms with Crippen molar-refractivity contribution in [3.8, 4) is 0 Å². The lowest BCUT2D eigenvalue weighted by atomic mass is 10.1. The molecule has 0 spiro atoms. The third-order valence-corrected chi connectivity index (χ3v) is 2.73. The molecule has 1 aromatic rings. The molecule has 0 aliphatic carbocycles. The van der Waals surface area contributed by atoms with Crippen LogP contribution in [-0.4, -0.2) is 32.1 Å². The van der Waals surface area contributed by atoms with Crippen molar-refractivity contribution in [1.29, 1.82) is 5.41 Å². The fourth-order valence-electron chi connectivity index (χ4n) is 1.74. The van der Waals surface area contributed by atoms with Gasteiger partial charge in [0, 0.05) is 24.8 Å². The number of amidine groups is 1. The van der Waals surface area contributed by atoms with Crippen LogP contribution in [0.15, 0.2) is 18.2 Å². The minimum absolute atomic E-state index is 0.102. The molecule has 0 bridgehead atoms. The number of benzene rings is 1. The van der Waals surface area contributed by atoms with Crippen LogP contribution in [0.4, 0.5) is 5.69 Å². The van der Waals surface area contributed by atoms with Gasteiger partial charge in [-0.25, -0.2) is 0 Å². The molecule has 4 nitrogen and oxygen atoms in total. The molecule has 0 amide bonds. The fourth-order valence-corrected chi connectivity index (χ4v) is 1.74. The lowest BCUT2D eigenvalue weighted by Crippen LogP contribution is -2.26. The number of nitrogens with zero attached hydrogens (tertiary/aromatic N) is 1. The smallest absolute Gasteiger partial charge is 0.124 e. The SMILES string of the molecule is Cc1ccc(N(C)CCOC(C)C)c(C(=N)N)c1. The lowest BCUT2D eigenvalue weighted by Gasteiger charge is -2.23. The molecule has 0 heterocycles. The summed E-state index contributed by atoms with van der Waals surface area (Å²) < 4.78 is 5.53. The summed E-state index contributed by atoms with van der Waals surface area (Å²) in [6, 6.07) is 5.97. The fraction of sp³-hybridized carbons (Fsp3) is 0.500. The number of ether oxygens (including phenoxy) is 1. The summed E-state index contributed by atoms with van der Waals surface area (Å²) in [6.45, 7) is 7.48. The van der Waals surface area contributed by atoms with Gasteiger partial charge in [-0.2, -0.15) is 0 Å². The molecule has 0 saturated heterocycles. The van der Waals surface area contributed by atoms with Gasteiger partial charge in [0.15, 0.2) is 0 Å². The van der Waals surface area contributed by atoms with Gasteiger partial charge in [0.25, 0.3) is 0 Å². The molecule has 0 atom stereocenters. The van der Waals surface area contributed by atoms with Crippen molar-refractivity contribution < 1.29 is 4.74 Å². The van der Waals surface area contributed by atoms with E-state index in [0.717, 1.165) is 23.4 Å². The number of likely N-dealkylation sites (N-methyl/N-ethyl adjacent to an activating group) is 1. The highest BCUT2D eigenvalue weighted by molar-refractivity contribution is 6.00. The van der Waals surface area contributed by atoms with E-state index >= 15 is 0 Å². The van der Waals surface area contributed by atoms with Crippen molar-refractivity contribution in [3.05, 3.63) is 29.3 Å². The topological polar surface area (TPSA) is 62.3 Å². The standard InChI is InChI=1S/C14H23N3O/c1-10(2)18-8-7-17(4)13-6-5-11(3)9-12(13)14(15)16/h5-6,9-10H,7-8H2,1-4H3,(H3,15,16). The van der Waals surface area contributed by atoms with Crippen LogP contribution in [0.5, 0.6) is 0 Å². The summed E-state index contributed by atoms with van der Waals surface area (Å²) >= 11 is 0. The predicted molar refractivity (Wildman–Crippen MR) is 76.6 cm³/mol. The summed E-state index contributed by atoms with van der Waals surface area (Å²) in [7, 11) is 1.99. The van der Waals surface area contributed by atoms with Crippen molar-refractivity contribution in [2.45, 2.75) is 26.9 Å². The molecule has 0 unspecified atom stereocenters. The molecule has 0 aliphatic rings. The number of nitrogens with one attached hydrogen (secondary N) is 1. The number of nitrogen functional groups attached to an aromatic ring is 1. The van der Waals surface area contributed by atoms with Crippen LogP contribution in [-0.2, 0) is 4.74 Å². The zero-order valence-electron chi connectivity index (χ0n) is 11.7. The van der Waals surface area contributed by atoms with Gasteiger partial charge in [-0.3, -0.25) is 5.41 Å². The van der Waals surface area contributed by atoms with Crippen molar-refractivity contribution in [2.75, 3.05) is 25.1 Å². The Bertz CT molecular complexity index is 416. The number of rotatable bonds is 6. The molecule has 4 heteroatoms. The van der Waals surface area contributed by atoms with E-state index in [0.29, 0.717) is 6.61 Å². The Morgan fingerprint density at radius 3 is 2.67 bits per heavy atom. The molecular formula is C14H23N3O. The Hall–Kier alpha value is -1.55. The minimum Gasteiger partial charge on any atom is -0.384 e. The molecule has 0 aromatic heterocycles. The minimum atomic E-state index is 0.102.